The number of hydrogen-bond donors (Lipinski definition) is 2. The molecule has 4 nitrogen and oxygen atoms in total. The smallest absolute Gasteiger partial charge is 0.416 e. The number of carbonyl (C=O) groups is 1. The van der Waals surface area contributed by atoms with Crippen LogP contribution in [0, 0.1) is 0 Å². The third-order valence-corrected chi connectivity index (χ3v) is 3.29. The fourth-order valence-corrected chi connectivity index (χ4v) is 1.99. The van der Waals surface area contributed by atoms with Crippen molar-refractivity contribution in [2.24, 2.45) is 0 Å². The van der Waals surface area contributed by atoms with E-state index in [1.165, 1.54) is 19.2 Å². The van der Waals surface area contributed by atoms with Crippen LogP contribution in [0.2, 0.25) is 0 Å². The van der Waals surface area contributed by atoms with Crippen molar-refractivity contribution in [2.75, 3.05) is 17.7 Å². The summed E-state index contributed by atoms with van der Waals surface area (Å²) in [5.41, 5.74) is -0.289. The van der Waals surface area contributed by atoms with Crippen molar-refractivity contribution in [3.8, 4) is 5.75 Å². The normalized spacial score (nSPS) is 10.8. The van der Waals surface area contributed by atoms with Gasteiger partial charge in [-0.05, 0) is 42.5 Å². The first-order valence-corrected chi connectivity index (χ1v) is 7.14. The largest absolute Gasteiger partial charge is 0.497 e. The molecule has 0 atom stereocenters. The molecule has 24 heavy (non-hydrogen) atoms. The van der Waals surface area contributed by atoms with Gasteiger partial charge >= 0.3 is 6.18 Å². The summed E-state index contributed by atoms with van der Waals surface area (Å²) in [6.07, 6.45) is -4.48. The molecule has 0 saturated carbocycles. The van der Waals surface area contributed by atoms with Gasteiger partial charge in [0.05, 0.1) is 12.7 Å². The lowest BCUT2D eigenvalue weighted by atomic mass is 10.2. The van der Waals surface area contributed by atoms with Gasteiger partial charge < -0.3 is 15.4 Å². The van der Waals surface area contributed by atoms with Crippen LogP contribution in [0.3, 0.4) is 0 Å². The van der Waals surface area contributed by atoms with Crippen LogP contribution in [0.4, 0.5) is 24.5 Å². The fraction of sp³-hybridized carbons (Fsp3) is 0.125. The number of benzene rings is 2. The fourth-order valence-electron chi connectivity index (χ4n) is 1.82. The minimum atomic E-state index is -4.48. The Labute approximate surface area is 141 Å². The molecule has 0 aliphatic rings. The van der Waals surface area contributed by atoms with E-state index >= 15 is 0 Å². The molecule has 0 aliphatic carbocycles. The number of rotatable bonds is 3. The van der Waals surface area contributed by atoms with Crippen molar-refractivity contribution in [1.29, 1.82) is 0 Å². The third-order valence-electron chi connectivity index (χ3n) is 3.00. The van der Waals surface area contributed by atoms with Gasteiger partial charge in [0.15, 0.2) is 4.99 Å². The van der Waals surface area contributed by atoms with E-state index in [9.17, 15) is 18.0 Å². The van der Waals surface area contributed by atoms with Crippen molar-refractivity contribution in [3.05, 3.63) is 54.1 Å². The summed E-state index contributed by atoms with van der Waals surface area (Å²) in [5, 5.41) is 5.03. The van der Waals surface area contributed by atoms with Crippen LogP contribution in [-0.4, -0.2) is 18.0 Å². The number of carbonyl (C=O) groups excluding carboxylic acids is 1. The van der Waals surface area contributed by atoms with Crippen molar-refractivity contribution >= 4 is 34.5 Å². The van der Waals surface area contributed by atoms with Crippen molar-refractivity contribution in [2.45, 2.75) is 6.18 Å². The zero-order chi connectivity index (χ0) is 17.7. The van der Waals surface area contributed by atoms with Gasteiger partial charge in [-0.25, -0.2) is 0 Å². The highest BCUT2D eigenvalue weighted by molar-refractivity contribution is 7.82. The Morgan fingerprint density at radius 1 is 1.04 bits per heavy atom. The number of thiocarbonyl (C=S) groups is 1. The summed E-state index contributed by atoms with van der Waals surface area (Å²) in [6, 6.07) is 11.0. The summed E-state index contributed by atoms with van der Waals surface area (Å²) >= 11 is 4.95. The van der Waals surface area contributed by atoms with E-state index in [0.29, 0.717) is 11.4 Å². The highest BCUT2D eigenvalue weighted by Crippen LogP contribution is 2.30. The molecular weight excluding hydrogens is 341 g/mol. The van der Waals surface area contributed by atoms with Crippen molar-refractivity contribution in [3.63, 3.8) is 0 Å². The Bertz CT molecular complexity index is 746. The molecule has 0 spiro atoms. The van der Waals surface area contributed by atoms with E-state index < -0.39 is 17.6 Å². The van der Waals surface area contributed by atoms with Crippen LogP contribution in [0.25, 0.3) is 0 Å². The summed E-state index contributed by atoms with van der Waals surface area (Å²) in [4.78, 5) is 11.8. The first kappa shape index (κ1) is 17.7. The molecule has 1 amide bonds. The first-order valence-electron chi connectivity index (χ1n) is 6.73. The lowest BCUT2D eigenvalue weighted by Crippen LogP contribution is -2.27. The summed E-state index contributed by atoms with van der Waals surface area (Å²) in [5.74, 6) is -0.0694. The van der Waals surface area contributed by atoms with Crippen LogP contribution >= 0.6 is 12.2 Å². The van der Waals surface area contributed by atoms with Gasteiger partial charge in [0.1, 0.15) is 5.75 Å². The Morgan fingerprint density at radius 2 is 1.71 bits per heavy atom. The van der Waals surface area contributed by atoms with Gasteiger partial charge in [-0.15, -0.1) is 0 Å². The van der Waals surface area contributed by atoms with Crippen molar-refractivity contribution < 1.29 is 22.7 Å². The molecule has 0 heterocycles. The molecule has 0 radical (unpaired) electrons. The van der Waals surface area contributed by atoms with Gasteiger partial charge in [-0.3, -0.25) is 4.79 Å². The number of methoxy groups -OCH3 is 1. The van der Waals surface area contributed by atoms with Gasteiger partial charge in [-0.2, -0.15) is 13.2 Å². The van der Waals surface area contributed by atoms with E-state index in [2.05, 4.69) is 10.6 Å². The second kappa shape index (κ2) is 7.31. The maximum Gasteiger partial charge on any atom is 0.416 e. The summed E-state index contributed by atoms with van der Waals surface area (Å²) in [6.45, 7) is 0. The van der Waals surface area contributed by atoms with Gasteiger partial charge in [0.25, 0.3) is 5.91 Å². The number of hydrogen-bond acceptors (Lipinski definition) is 3. The molecule has 0 unspecified atom stereocenters. The number of nitrogens with one attached hydrogen (secondary N) is 2. The zero-order valence-corrected chi connectivity index (χ0v) is 13.3. The highest BCUT2D eigenvalue weighted by Gasteiger charge is 2.30. The standard InChI is InChI=1S/C16H13F3N2O2S/c1-23-13-7-5-11(6-8-13)21-15(24)14(22)20-12-4-2-3-10(9-12)16(17,18)19/h2-9H,1H3,(H,20,22)(H,21,24). The Balaban J connectivity index is 2.02. The van der Waals surface area contributed by atoms with Crippen LogP contribution in [-0.2, 0) is 11.0 Å². The van der Waals surface area contributed by atoms with Gasteiger partial charge in [0, 0.05) is 11.4 Å². The lowest BCUT2D eigenvalue weighted by molar-refractivity contribution is -0.137. The first-order chi connectivity index (χ1) is 11.3. The van der Waals surface area contributed by atoms with Crippen molar-refractivity contribution in [1.82, 2.24) is 0 Å². The average molecular weight is 354 g/mol. The molecule has 0 bridgehead atoms. The Kier molecular flexibility index (Phi) is 5.40. The Morgan fingerprint density at radius 3 is 2.29 bits per heavy atom. The molecule has 0 fully saturated rings. The maximum absolute atomic E-state index is 12.7. The number of anilines is 2. The van der Waals surface area contributed by atoms with E-state index in [1.54, 1.807) is 24.3 Å². The number of ether oxygens (including phenoxy) is 1. The average Bonchev–Trinajstić information content (AvgIpc) is 2.55. The summed E-state index contributed by atoms with van der Waals surface area (Å²) < 4.78 is 43.0. The minimum Gasteiger partial charge on any atom is -0.497 e. The molecule has 8 heteroatoms. The Hall–Kier alpha value is -2.61. The molecule has 2 aromatic rings. The molecule has 0 saturated heterocycles. The van der Waals surface area contributed by atoms with E-state index in [4.69, 9.17) is 17.0 Å². The zero-order valence-electron chi connectivity index (χ0n) is 12.5. The van der Waals surface area contributed by atoms with E-state index in [1.807, 2.05) is 0 Å². The highest BCUT2D eigenvalue weighted by atomic mass is 32.1. The molecule has 126 valence electrons. The van der Waals surface area contributed by atoms with E-state index in [-0.39, 0.29) is 10.7 Å². The van der Waals surface area contributed by atoms with Gasteiger partial charge in [0.2, 0.25) is 0 Å². The number of alkyl halides is 3. The predicted molar refractivity (Wildman–Crippen MR) is 89.3 cm³/mol. The second-order valence-electron chi connectivity index (χ2n) is 4.72. The number of halogens is 3. The topological polar surface area (TPSA) is 50.4 Å². The van der Waals surface area contributed by atoms with Crippen LogP contribution in [0.5, 0.6) is 5.75 Å². The molecule has 0 aliphatic heterocycles. The number of amides is 1. The SMILES string of the molecule is COc1ccc(NC(=S)C(=O)Nc2cccc(C(F)(F)F)c2)cc1. The molecule has 0 aromatic heterocycles. The minimum absolute atomic E-state index is 0.00806. The quantitative estimate of drug-likeness (QED) is 0.815. The maximum atomic E-state index is 12.7. The lowest BCUT2D eigenvalue weighted by Gasteiger charge is -2.11. The molecule has 2 aromatic carbocycles. The van der Waals surface area contributed by atoms with Gasteiger partial charge in [-0.1, -0.05) is 18.3 Å². The predicted octanol–water partition coefficient (Wildman–Crippen LogP) is 4.09. The molecular formula is C16H13F3N2O2S. The second-order valence-corrected chi connectivity index (χ2v) is 5.12. The van der Waals surface area contributed by atoms with Crippen LogP contribution in [0.1, 0.15) is 5.56 Å². The third kappa shape index (κ3) is 4.69. The molecule has 2 N–H and O–H groups in total. The van der Waals surface area contributed by atoms with E-state index in [0.717, 1.165) is 12.1 Å². The summed E-state index contributed by atoms with van der Waals surface area (Å²) in [7, 11) is 1.52. The van der Waals surface area contributed by atoms with Crippen LogP contribution in [0.15, 0.2) is 48.5 Å². The monoisotopic (exact) mass is 354 g/mol. The molecule has 2 rings (SSSR count). The van der Waals surface area contributed by atoms with Crippen LogP contribution < -0.4 is 15.4 Å².